The van der Waals surface area contributed by atoms with E-state index in [1.165, 1.54) is 43.5 Å². The third kappa shape index (κ3) is 2.12. The van der Waals surface area contributed by atoms with Gasteiger partial charge in [-0.3, -0.25) is 0 Å². The lowest BCUT2D eigenvalue weighted by Crippen LogP contribution is -2.61. The number of morpholine rings is 1. The fourth-order valence-corrected chi connectivity index (χ4v) is 3.39. The molecule has 2 fully saturated rings. The highest BCUT2D eigenvalue weighted by Gasteiger charge is 2.38. The van der Waals surface area contributed by atoms with Gasteiger partial charge in [-0.15, -0.1) is 0 Å². The Balaban J connectivity index is 2.02. The molecule has 0 N–H and O–H groups in total. The summed E-state index contributed by atoms with van der Waals surface area (Å²) in [6, 6.07) is 0. The number of piperidine rings is 1. The number of nitrogens with zero attached hydrogens (tertiary/aromatic N) is 1. The average molecular weight is 198 g/mol. The molecule has 2 rings (SSSR count). The first-order chi connectivity index (χ1) is 6.74. The number of hydrogen-bond donors (Lipinski definition) is 0. The quantitative estimate of drug-likeness (QED) is 0.585. The predicted molar refractivity (Wildman–Crippen MR) is 58.1 cm³/mol. The maximum atomic E-state index is 5.49. The second-order valence-electron chi connectivity index (χ2n) is 5.38. The Bertz CT molecular complexity index is 187. The first-order valence-electron chi connectivity index (χ1n) is 6.17. The summed E-state index contributed by atoms with van der Waals surface area (Å²) in [5, 5.41) is 0. The van der Waals surface area contributed by atoms with Crippen molar-refractivity contribution in [3.05, 3.63) is 0 Å². The van der Waals surface area contributed by atoms with Crippen LogP contribution in [-0.2, 0) is 4.74 Å². The summed E-state index contributed by atoms with van der Waals surface area (Å²) < 4.78 is 6.85. The van der Waals surface area contributed by atoms with Gasteiger partial charge in [0.05, 0.1) is 26.3 Å². The Morgan fingerprint density at radius 2 is 1.93 bits per heavy atom. The average Bonchev–Trinajstić information content (AvgIpc) is 2.17. The van der Waals surface area contributed by atoms with Gasteiger partial charge in [0.15, 0.2) is 0 Å². The normalized spacial score (nSPS) is 37.3. The molecule has 0 radical (unpaired) electrons. The van der Waals surface area contributed by atoms with Crippen LogP contribution in [-0.4, -0.2) is 43.9 Å². The van der Waals surface area contributed by atoms with E-state index in [9.17, 15) is 0 Å². The molecule has 2 atom stereocenters. The second kappa shape index (κ2) is 4.19. The van der Waals surface area contributed by atoms with Gasteiger partial charge in [0.2, 0.25) is 0 Å². The lowest BCUT2D eigenvalue weighted by Gasteiger charge is -2.48. The zero-order chi connectivity index (χ0) is 10.0. The monoisotopic (exact) mass is 198 g/mol. The van der Waals surface area contributed by atoms with Crippen LogP contribution in [0.5, 0.6) is 0 Å². The molecular weight excluding hydrogens is 174 g/mol. The van der Waals surface area contributed by atoms with Crippen LogP contribution in [0.25, 0.3) is 0 Å². The molecule has 0 bridgehead atoms. The van der Waals surface area contributed by atoms with Gasteiger partial charge in [-0.1, -0.05) is 13.8 Å². The second-order valence-corrected chi connectivity index (χ2v) is 5.38. The molecule has 0 amide bonds. The van der Waals surface area contributed by atoms with Crippen molar-refractivity contribution in [3.8, 4) is 0 Å². The van der Waals surface area contributed by atoms with Crippen LogP contribution in [0.2, 0.25) is 0 Å². The molecule has 2 aliphatic heterocycles. The molecule has 82 valence electrons. The van der Waals surface area contributed by atoms with E-state index in [4.69, 9.17) is 4.74 Å². The minimum absolute atomic E-state index is 0.923. The van der Waals surface area contributed by atoms with Crippen molar-refractivity contribution in [1.82, 2.24) is 0 Å². The predicted octanol–water partition coefficient (Wildman–Crippen LogP) is 1.90. The lowest BCUT2D eigenvalue weighted by atomic mass is 9.86. The van der Waals surface area contributed by atoms with Crippen molar-refractivity contribution in [1.29, 1.82) is 0 Å². The Labute approximate surface area is 87.8 Å². The zero-order valence-corrected chi connectivity index (χ0v) is 9.67. The molecule has 2 heteroatoms. The summed E-state index contributed by atoms with van der Waals surface area (Å²) in [7, 11) is 0. The van der Waals surface area contributed by atoms with E-state index in [0.717, 1.165) is 25.0 Å². The molecule has 0 aromatic heterocycles. The van der Waals surface area contributed by atoms with E-state index in [1.807, 2.05) is 0 Å². The number of quaternary nitrogens is 1. The van der Waals surface area contributed by atoms with Gasteiger partial charge < -0.3 is 9.22 Å². The molecule has 14 heavy (non-hydrogen) atoms. The highest BCUT2D eigenvalue weighted by Crippen LogP contribution is 2.30. The van der Waals surface area contributed by atoms with Gasteiger partial charge in [-0.25, -0.2) is 0 Å². The van der Waals surface area contributed by atoms with Crippen molar-refractivity contribution >= 4 is 0 Å². The first-order valence-corrected chi connectivity index (χ1v) is 6.17. The molecule has 2 heterocycles. The van der Waals surface area contributed by atoms with E-state index in [-0.39, 0.29) is 0 Å². The topological polar surface area (TPSA) is 9.23 Å². The first kappa shape index (κ1) is 10.4. The Hall–Kier alpha value is -0.0800. The van der Waals surface area contributed by atoms with E-state index in [1.54, 1.807) is 0 Å². The van der Waals surface area contributed by atoms with Gasteiger partial charge >= 0.3 is 0 Å². The molecule has 0 aromatic carbocycles. The summed E-state index contributed by atoms with van der Waals surface area (Å²) in [6.07, 6.45) is 2.82. The smallest absolute Gasteiger partial charge is 0.102 e. The Morgan fingerprint density at radius 1 is 1.21 bits per heavy atom. The van der Waals surface area contributed by atoms with Crippen molar-refractivity contribution in [2.24, 2.45) is 11.8 Å². The Kier molecular flexibility index (Phi) is 3.13. The SMILES string of the molecule is CCC1CC(C)C[N+]2(CCOCC2)C1. The molecule has 1 spiro atoms. The van der Waals surface area contributed by atoms with Crippen LogP contribution < -0.4 is 0 Å². The summed E-state index contributed by atoms with van der Waals surface area (Å²) in [5.74, 6) is 1.89. The van der Waals surface area contributed by atoms with Gasteiger partial charge in [0, 0.05) is 11.8 Å². The van der Waals surface area contributed by atoms with Crippen molar-refractivity contribution in [2.45, 2.75) is 26.7 Å². The van der Waals surface area contributed by atoms with Crippen molar-refractivity contribution in [3.63, 3.8) is 0 Å². The van der Waals surface area contributed by atoms with Gasteiger partial charge in [0.25, 0.3) is 0 Å². The van der Waals surface area contributed by atoms with Crippen molar-refractivity contribution < 1.29 is 9.22 Å². The van der Waals surface area contributed by atoms with Crippen LogP contribution in [0.1, 0.15) is 26.7 Å². The third-order valence-electron chi connectivity index (χ3n) is 4.08. The molecular formula is C12H24NO+. The van der Waals surface area contributed by atoms with Gasteiger partial charge in [-0.2, -0.15) is 0 Å². The number of rotatable bonds is 1. The molecule has 2 nitrogen and oxygen atoms in total. The minimum atomic E-state index is 0.923. The van der Waals surface area contributed by atoms with Crippen LogP contribution in [0, 0.1) is 11.8 Å². The van der Waals surface area contributed by atoms with Gasteiger partial charge in [0.1, 0.15) is 13.1 Å². The lowest BCUT2D eigenvalue weighted by molar-refractivity contribution is -0.945. The standard InChI is InChI=1S/C12H24NO/c1-3-12-8-11(2)9-13(10-12)4-6-14-7-5-13/h11-12H,3-10H2,1-2H3/q+1. The summed E-state index contributed by atoms with van der Waals surface area (Å²) in [6.45, 7) is 12.1. The molecule has 0 aromatic rings. The third-order valence-corrected chi connectivity index (χ3v) is 4.08. The number of ether oxygens (including phenoxy) is 1. The van der Waals surface area contributed by atoms with E-state index in [0.29, 0.717) is 0 Å². The van der Waals surface area contributed by atoms with Crippen LogP contribution >= 0.6 is 0 Å². The van der Waals surface area contributed by atoms with E-state index in [2.05, 4.69) is 13.8 Å². The number of hydrogen-bond acceptors (Lipinski definition) is 1. The maximum Gasteiger partial charge on any atom is 0.102 e. The van der Waals surface area contributed by atoms with Crippen molar-refractivity contribution in [2.75, 3.05) is 39.4 Å². The highest BCUT2D eigenvalue weighted by atomic mass is 16.5. The fourth-order valence-electron chi connectivity index (χ4n) is 3.39. The summed E-state index contributed by atoms with van der Waals surface area (Å²) in [5.41, 5.74) is 0. The Morgan fingerprint density at radius 3 is 2.57 bits per heavy atom. The molecule has 2 unspecified atom stereocenters. The molecule has 0 saturated carbocycles. The van der Waals surface area contributed by atoms with Crippen LogP contribution in [0.3, 0.4) is 0 Å². The van der Waals surface area contributed by atoms with Crippen LogP contribution in [0.15, 0.2) is 0 Å². The van der Waals surface area contributed by atoms with Crippen LogP contribution in [0.4, 0.5) is 0 Å². The molecule has 0 aliphatic carbocycles. The largest absolute Gasteiger partial charge is 0.370 e. The summed E-state index contributed by atoms with van der Waals surface area (Å²) in [4.78, 5) is 0. The van der Waals surface area contributed by atoms with Gasteiger partial charge in [-0.05, 0) is 12.8 Å². The van der Waals surface area contributed by atoms with E-state index >= 15 is 0 Å². The summed E-state index contributed by atoms with van der Waals surface area (Å²) >= 11 is 0. The zero-order valence-electron chi connectivity index (χ0n) is 9.67. The minimum Gasteiger partial charge on any atom is -0.370 e. The molecule has 2 saturated heterocycles. The van der Waals surface area contributed by atoms with E-state index < -0.39 is 0 Å². The highest BCUT2D eigenvalue weighted by molar-refractivity contribution is 4.70. The molecule has 2 aliphatic rings. The fraction of sp³-hybridized carbons (Fsp3) is 1.00. The maximum absolute atomic E-state index is 5.49.